The number of carbonyl (C=O) groups excluding carboxylic acids is 2. The maximum Gasteiger partial charge on any atom is 0.286 e. The van der Waals surface area contributed by atoms with Gasteiger partial charge >= 0.3 is 0 Å². The second kappa shape index (κ2) is 7.13. The Morgan fingerprint density at radius 1 is 1.27 bits per heavy atom. The molecule has 7 heteroatoms. The average molecular weight is 318 g/mol. The Balaban J connectivity index is 2.08. The van der Waals surface area contributed by atoms with Gasteiger partial charge in [-0.1, -0.05) is 24.3 Å². The standard InChI is InChI=1S/C15H18N4O2S/c1-4-9(2)16-13(20)11-6-5-7-12(8-11)17-14(21)15-19-18-10(3)22-15/h5-9H,4H2,1-3H3,(H,16,20)(H,17,21)/t9-/m0/s1. The van der Waals surface area contributed by atoms with E-state index in [1.165, 1.54) is 11.3 Å². The van der Waals surface area contributed by atoms with Crippen LogP contribution in [-0.4, -0.2) is 28.1 Å². The molecule has 1 atom stereocenters. The van der Waals surface area contributed by atoms with Crippen LogP contribution in [0.3, 0.4) is 0 Å². The largest absolute Gasteiger partial charge is 0.350 e. The van der Waals surface area contributed by atoms with E-state index in [4.69, 9.17) is 0 Å². The third-order valence-electron chi connectivity index (χ3n) is 3.09. The van der Waals surface area contributed by atoms with Gasteiger partial charge in [-0.25, -0.2) is 0 Å². The summed E-state index contributed by atoms with van der Waals surface area (Å²) in [7, 11) is 0. The van der Waals surface area contributed by atoms with Crippen molar-refractivity contribution in [2.24, 2.45) is 0 Å². The number of nitrogens with one attached hydrogen (secondary N) is 2. The third-order valence-corrected chi connectivity index (χ3v) is 3.93. The highest BCUT2D eigenvalue weighted by Crippen LogP contribution is 2.14. The molecule has 2 amide bonds. The summed E-state index contributed by atoms with van der Waals surface area (Å²) >= 11 is 1.22. The number of amides is 2. The molecule has 0 fully saturated rings. The molecule has 0 saturated heterocycles. The predicted molar refractivity (Wildman–Crippen MR) is 86.3 cm³/mol. The first-order valence-corrected chi connectivity index (χ1v) is 7.83. The highest BCUT2D eigenvalue weighted by molar-refractivity contribution is 7.13. The Morgan fingerprint density at radius 3 is 2.68 bits per heavy atom. The monoisotopic (exact) mass is 318 g/mol. The summed E-state index contributed by atoms with van der Waals surface area (Å²) in [5.41, 5.74) is 1.06. The van der Waals surface area contributed by atoms with Gasteiger partial charge in [0.15, 0.2) is 0 Å². The molecule has 1 heterocycles. The van der Waals surface area contributed by atoms with Crippen LogP contribution < -0.4 is 10.6 Å². The number of rotatable bonds is 5. The first kappa shape index (κ1) is 16.1. The first-order chi connectivity index (χ1) is 10.5. The van der Waals surface area contributed by atoms with Crippen molar-refractivity contribution in [3.05, 3.63) is 39.8 Å². The third kappa shape index (κ3) is 4.11. The van der Waals surface area contributed by atoms with E-state index in [1.54, 1.807) is 31.2 Å². The Morgan fingerprint density at radius 2 is 2.05 bits per heavy atom. The fraction of sp³-hybridized carbons (Fsp3) is 0.333. The highest BCUT2D eigenvalue weighted by Gasteiger charge is 2.13. The van der Waals surface area contributed by atoms with Crippen molar-refractivity contribution in [3.8, 4) is 0 Å². The molecule has 0 aliphatic heterocycles. The maximum absolute atomic E-state index is 12.1. The van der Waals surface area contributed by atoms with E-state index < -0.39 is 0 Å². The number of anilines is 1. The van der Waals surface area contributed by atoms with Crippen LogP contribution in [-0.2, 0) is 0 Å². The molecular formula is C15H18N4O2S. The summed E-state index contributed by atoms with van der Waals surface area (Å²) in [5, 5.41) is 14.2. The molecule has 2 aromatic rings. The number of hydrogen-bond acceptors (Lipinski definition) is 5. The van der Waals surface area contributed by atoms with Gasteiger partial charge in [-0.3, -0.25) is 9.59 Å². The predicted octanol–water partition coefficient (Wildman–Crippen LogP) is 2.63. The quantitative estimate of drug-likeness (QED) is 0.887. The summed E-state index contributed by atoms with van der Waals surface area (Å²) in [4.78, 5) is 24.1. The molecule has 1 aromatic carbocycles. The number of benzene rings is 1. The van der Waals surface area contributed by atoms with Gasteiger partial charge in [0, 0.05) is 17.3 Å². The van der Waals surface area contributed by atoms with Crippen LogP contribution in [0.1, 0.15) is 45.4 Å². The van der Waals surface area contributed by atoms with Gasteiger partial charge in [-0.15, -0.1) is 10.2 Å². The summed E-state index contributed by atoms with van der Waals surface area (Å²) in [6.07, 6.45) is 0.860. The lowest BCUT2D eigenvalue weighted by atomic mass is 10.1. The molecule has 0 unspecified atom stereocenters. The number of aryl methyl sites for hydroxylation is 1. The maximum atomic E-state index is 12.1. The van der Waals surface area contributed by atoms with Crippen molar-refractivity contribution < 1.29 is 9.59 Å². The SMILES string of the molecule is CC[C@H](C)NC(=O)c1cccc(NC(=O)c2nnc(C)s2)c1. The molecule has 2 rings (SSSR count). The second-order valence-corrected chi connectivity index (χ2v) is 6.13. The van der Waals surface area contributed by atoms with Crippen LogP contribution >= 0.6 is 11.3 Å². The zero-order chi connectivity index (χ0) is 16.1. The molecule has 0 radical (unpaired) electrons. The molecule has 0 bridgehead atoms. The molecule has 2 N–H and O–H groups in total. The summed E-state index contributed by atoms with van der Waals surface area (Å²) in [6, 6.07) is 6.92. The van der Waals surface area contributed by atoms with Crippen molar-refractivity contribution in [2.45, 2.75) is 33.2 Å². The Labute approximate surface area is 133 Å². The normalized spacial score (nSPS) is 11.8. The molecule has 22 heavy (non-hydrogen) atoms. The minimum absolute atomic E-state index is 0.107. The topological polar surface area (TPSA) is 84.0 Å². The van der Waals surface area contributed by atoms with E-state index >= 15 is 0 Å². The van der Waals surface area contributed by atoms with Crippen molar-refractivity contribution in [1.29, 1.82) is 0 Å². The number of carbonyl (C=O) groups is 2. The molecular weight excluding hydrogens is 300 g/mol. The number of aromatic nitrogens is 2. The highest BCUT2D eigenvalue weighted by atomic mass is 32.1. The van der Waals surface area contributed by atoms with E-state index in [2.05, 4.69) is 20.8 Å². The second-order valence-electron chi connectivity index (χ2n) is 4.94. The Kier molecular flexibility index (Phi) is 5.21. The minimum atomic E-state index is -0.329. The van der Waals surface area contributed by atoms with Gasteiger partial charge in [-0.2, -0.15) is 0 Å². The zero-order valence-corrected chi connectivity index (χ0v) is 13.5. The Hall–Kier alpha value is -2.28. The van der Waals surface area contributed by atoms with Gasteiger partial charge in [0.2, 0.25) is 5.01 Å². The zero-order valence-electron chi connectivity index (χ0n) is 12.7. The minimum Gasteiger partial charge on any atom is -0.350 e. The fourth-order valence-electron chi connectivity index (χ4n) is 1.72. The summed E-state index contributed by atoms with van der Waals surface area (Å²) < 4.78 is 0. The van der Waals surface area contributed by atoms with Crippen molar-refractivity contribution in [2.75, 3.05) is 5.32 Å². The lowest BCUT2D eigenvalue weighted by Gasteiger charge is -2.12. The van der Waals surface area contributed by atoms with E-state index in [9.17, 15) is 9.59 Å². The molecule has 0 spiro atoms. The van der Waals surface area contributed by atoms with Crippen LogP contribution in [0.4, 0.5) is 5.69 Å². The molecule has 1 aromatic heterocycles. The fourth-order valence-corrected chi connectivity index (χ4v) is 2.31. The van der Waals surface area contributed by atoms with Crippen LogP contribution in [0.15, 0.2) is 24.3 Å². The van der Waals surface area contributed by atoms with Gasteiger partial charge in [0.05, 0.1) is 0 Å². The van der Waals surface area contributed by atoms with Crippen molar-refractivity contribution >= 4 is 28.8 Å². The van der Waals surface area contributed by atoms with Crippen LogP contribution in [0, 0.1) is 6.92 Å². The molecule has 116 valence electrons. The Bertz CT molecular complexity index is 684. The molecule has 0 aliphatic carbocycles. The smallest absolute Gasteiger partial charge is 0.286 e. The van der Waals surface area contributed by atoms with Gasteiger partial charge in [-0.05, 0) is 38.5 Å². The average Bonchev–Trinajstić information content (AvgIpc) is 2.94. The van der Waals surface area contributed by atoms with E-state index in [0.717, 1.165) is 11.4 Å². The van der Waals surface area contributed by atoms with E-state index in [1.807, 2.05) is 13.8 Å². The van der Waals surface area contributed by atoms with Crippen LogP contribution in [0.5, 0.6) is 0 Å². The molecule has 6 nitrogen and oxygen atoms in total. The van der Waals surface area contributed by atoms with Gasteiger partial charge < -0.3 is 10.6 Å². The lowest BCUT2D eigenvalue weighted by Crippen LogP contribution is -2.31. The summed E-state index contributed by atoms with van der Waals surface area (Å²) in [6.45, 7) is 5.74. The first-order valence-electron chi connectivity index (χ1n) is 7.02. The van der Waals surface area contributed by atoms with Crippen molar-refractivity contribution in [3.63, 3.8) is 0 Å². The molecule has 0 saturated carbocycles. The lowest BCUT2D eigenvalue weighted by molar-refractivity contribution is 0.0938. The van der Waals surface area contributed by atoms with Crippen LogP contribution in [0.2, 0.25) is 0 Å². The number of nitrogens with zero attached hydrogens (tertiary/aromatic N) is 2. The van der Waals surface area contributed by atoms with E-state index in [0.29, 0.717) is 16.3 Å². The van der Waals surface area contributed by atoms with Gasteiger partial charge in [0.25, 0.3) is 11.8 Å². The summed E-state index contributed by atoms with van der Waals surface area (Å²) in [5.74, 6) is -0.484. The van der Waals surface area contributed by atoms with Gasteiger partial charge in [0.1, 0.15) is 5.01 Å². The van der Waals surface area contributed by atoms with E-state index in [-0.39, 0.29) is 17.9 Å². The van der Waals surface area contributed by atoms with Crippen LogP contribution in [0.25, 0.3) is 0 Å². The number of hydrogen-bond donors (Lipinski definition) is 2. The van der Waals surface area contributed by atoms with Crippen molar-refractivity contribution in [1.82, 2.24) is 15.5 Å². The molecule has 0 aliphatic rings.